The van der Waals surface area contributed by atoms with Gasteiger partial charge in [-0.15, -0.1) is 0 Å². The number of aliphatic hydroxyl groups is 1. The van der Waals surface area contributed by atoms with Crippen LogP contribution in [0.1, 0.15) is 59.3 Å². The lowest BCUT2D eigenvalue weighted by Crippen LogP contribution is -2.50. The zero-order chi connectivity index (χ0) is 13.1. The monoisotopic (exact) mass is 253 g/mol. The smallest absolute Gasteiger partial charge is 0.0695 e. The van der Waals surface area contributed by atoms with Crippen LogP contribution in [0.25, 0.3) is 0 Å². The standard InChI is InChI=1S/C16H31NO/c1-4-17(11-13-6-5-7-13)15-10-14(12(2)3)8-9-16(15)18/h12-16,18H,4-11H2,1-3H3. The number of aliphatic hydroxyl groups excluding tert-OH is 1. The van der Waals surface area contributed by atoms with Gasteiger partial charge in [0.2, 0.25) is 0 Å². The van der Waals surface area contributed by atoms with E-state index in [4.69, 9.17) is 0 Å². The molecule has 3 unspecified atom stereocenters. The summed E-state index contributed by atoms with van der Waals surface area (Å²) in [5, 5.41) is 10.3. The second-order valence-corrected chi connectivity index (χ2v) is 6.84. The zero-order valence-electron chi connectivity index (χ0n) is 12.4. The minimum absolute atomic E-state index is 0.0833. The van der Waals surface area contributed by atoms with Gasteiger partial charge < -0.3 is 5.11 Å². The molecule has 2 heteroatoms. The van der Waals surface area contributed by atoms with Crippen LogP contribution in [-0.2, 0) is 0 Å². The average molecular weight is 253 g/mol. The fraction of sp³-hybridized carbons (Fsp3) is 1.00. The molecular weight excluding hydrogens is 222 g/mol. The summed E-state index contributed by atoms with van der Waals surface area (Å²) in [4.78, 5) is 2.57. The second kappa shape index (κ2) is 6.38. The van der Waals surface area contributed by atoms with Crippen molar-refractivity contribution in [1.82, 2.24) is 4.90 Å². The first kappa shape index (κ1) is 14.3. The summed E-state index contributed by atoms with van der Waals surface area (Å²) in [5.74, 6) is 2.49. The van der Waals surface area contributed by atoms with E-state index in [1.807, 2.05) is 0 Å². The summed E-state index contributed by atoms with van der Waals surface area (Å²) in [6.45, 7) is 9.25. The van der Waals surface area contributed by atoms with Gasteiger partial charge in [0.15, 0.2) is 0 Å². The maximum absolute atomic E-state index is 10.3. The van der Waals surface area contributed by atoms with Crippen molar-refractivity contribution in [1.29, 1.82) is 0 Å². The van der Waals surface area contributed by atoms with Crippen LogP contribution in [0.2, 0.25) is 0 Å². The normalized spacial score (nSPS) is 34.0. The number of hydrogen-bond donors (Lipinski definition) is 1. The van der Waals surface area contributed by atoms with Gasteiger partial charge in [0.25, 0.3) is 0 Å². The fourth-order valence-electron chi connectivity index (χ4n) is 3.67. The van der Waals surface area contributed by atoms with E-state index in [0.717, 1.165) is 30.7 Å². The van der Waals surface area contributed by atoms with Crippen molar-refractivity contribution in [3.05, 3.63) is 0 Å². The molecule has 0 aromatic heterocycles. The van der Waals surface area contributed by atoms with Crippen LogP contribution >= 0.6 is 0 Å². The highest BCUT2D eigenvalue weighted by atomic mass is 16.3. The van der Waals surface area contributed by atoms with Gasteiger partial charge in [0.05, 0.1) is 6.10 Å². The van der Waals surface area contributed by atoms with Gasteiger partial charge in [-0.05, 0) is 56.4 Å². The predicted molar refractivity (Wildman–Crippen MR) is 76.6 cm³/mol. The number of nitrogens with zero attached hydrogens (tertiary/aromatic N) is 1. The Hall–Kier alpha value is -0.0800. The molecule has 0 amide bonds. The third kappa shape index (κ3) is 3.27. The van der Waals surface area contributed by atoms with E-state index in [0.29, 0.717) is 6.04 Å². The summed E-state index contributed by atoms with van der Waals surface area (Å²) in [7, 11) is 0. The van der Waals surface area contributed by atoms with Gasteiger partial charge in [0, 0.05) is 12.6 Å². The molecule has 0 aliphatic heterocycles. The van der Waals surface area contributed by atoms with E-state index in [2.05, 4.69) is 25.7 Å². The molecule has 2 fully saturated rings. The highest BCUT2D eigenvalue weighted by Crippen LogP contribution is 2.34. The molecule has 0 aromatic rings. The van der Waals surface area contributed by atoms with Gasteiger partial charge in [-0.3, -0.25) is 4.90 Å². The Balaban J connectivity index is 1.93. The molecule has 0 heterocycles. The molecule has 0 radical (unpaired) electrons. The Morgan fingerprint density at radius 2 is 1.89 bits per heavy atom. The molecule has 2 nitrogen and oxygen atoms in total. The Morgan fingerprint density at radius 3 is 2.39 bits per heavy atom. The van der Waals surface area contributed by atoms with E-state index >= 15 is 0 Å². The molecule has 0 spiro atoms. The van der Waals surface area contributed by atoms with Crippen LogP contribution in [0.5, 0.6) is 0 Å². The molecule has 2 aliphatic carbocycles. The van der Waals surface area contributed by atoms with Crippen molar-refractivity contribution >= 4 is 0 Å². The molecule has 2 saturated carbocycles. The number of hydrogen-bond acceptors (Lipinski definition) is 2. The molecule has 3 atom stereocenters. The van der Waals surface area contributed by atoms with E-state index < -0.39 is 0 Å². The lowest BCUT2D eigenvalue weighted by molar-refractivity contribution is -0.0131. The summed E-state index contributed by atoms with van der Waals surface area (Å²) < 4.78 is 0. The van der Waals surface area contributed by atoms with Crippen LogP contribution in [-0.4, -0.2) is 35.2 Å². The lowest BCUT2D eigenvalue weighted by Gasteiger charge is -2.43. The molecular formula is C16H31NO. The first-order valence-corrected chi connectivity index (χ1v) is 8.04. The SMILES string of the molecule is CCN(CC1CCC1)C1CC(C(C)C)CCC1O. The average Bonchev–Trinajstić information content (AvgIpc) is 2.29. The molecule has 0 saturated heterocycles. The van der Waals surface area contributed by atoms with Crippen molar-refractivity contribution < 1.29 is 5.11 Å². The van der Waals surface area contributed by atoms with Crippen molar-refractivity contribution in [3.63, 3.8) is 0 Å². The largest absolute Gasteiger partial charge is 0.391 e. The highest BCUT2D eigenvalue weighted by Gasteiger charge is 2.35. The van der Waals surface area contributed by atoms with Gasteiger partial charge >= 0.3 is 0 Å². The third-order valence-corrected chi connectivity index (χ3v) is 5.36. The summed E-state index contributed by atoms with van der Waals surface area (Å²) >= 11 is 0. The van der Waals surface area contributed by atoms with E-state index in [-0.39, 0.29) is 6.10 Å². The molecule has 0 bridgehead atoms. The molecule has 2 aliphatic rings. The third-order valence-electron chi connectivity index (χ3n) is 5.36. The Kier molecular flexibility index (Phi) is 5.08. The summed E-state index contributed by atoms with van der Waals surface area (Å²) in [6.07, 6.45) is 7.59. The Labute approximate surface area is 113 Å². The van der Waals surface area contributed by atoms with Crippen LogP contribution in [0, 0.1) is 17.8 Å². The zero-order valence-corrected chi connectivity index (χ0v) is 12.4. The van der Waals surface area contributed by atoms with Crippen molar-refractivity contribution in [2.24, 2.45) is 17.8 Å². The molecule has 1 N–H and O–H groups in total. The predicted octanol–water partition coefficient (Wildman–Crippen LogP) is 3.29. The fourth-order valence-corrected chi connectivity index (χ4v) is 3.67. The summed E-state index contributed by atoms with van der Waals surface area (Å²) in [5.41, 5.74) is 0. The van der Waals surface area contributed by atoms with E-state index in [9.17, 15) is 5.11 Å². The van der Waals surface area contributed by atoms with Crippen LogP contribution in [0.15, 0.2) is 0 Å². The quantitative estimate of drug-likeness (QED) is 0.812. The number of likely N-dealkylation sites (N-methyl/N-ethyl adjacent to an activating group) is 1. The van der Waals surface area contributed by atoms with Gasteiger partial charge in [-0.25, -0.2) is 0 Å². The molecule has 0 aromatic carbocycles. The topological polar surface area (TPSA) is 23.5 Å². The Bertz CT molecular complexity index is 249. The molecule has 106 valence electrons. The van der Waals surface area contributed by atoms with Crippen molar-refractivity contribution in [3.8, 4) is 0 Å². The lowest BCUT2D eigenvalue weighted by atomic mass is 9.76. The van der Waals surface area contributed by atoms with Gasteiger partial charge in [-0.2, -0.15) is 0 Å². The second-order valence-electron chi connectivity index (χ2n) is 6.84. The molecule has 2 rings (SSSR count). The van der Waals surface area contributed by atoms with E-state index in [1.165, 1.54) is 38.6 Å². The van der Waals surface area contributed by atoms with E-state index in [1.54, 1.807) is 0 Å². The van der Waals surface area contributed by atoms with Gasteiger partial charge in [0.1, 0.15) is 0 Å². The van der Waals surface area contributed by atoms with Gasteiger partial charge in [-0.1, -0.05) is 27.2 Å². The van der Waals surface area contributed by atoms with Crippen molar-refractivity contribution in [2.75, 3.05) is 13.1 Å². The first-order chi connectivity index (χ1) is 8.61. The number of rotatable bonds is 5. The van der Waals surface area contributed by atoms with Crippen molar-refractivity contribution in [2.45, 2.75) is 71.4 Å². The van der Waals surface area contributed by atoms with Crippen LogP contribution in [0.4, 0.5) is 0 Å². The molecule has 18 heavy (non-hydrogen) atoms. The minimum Gasteiger partial charge on any atom is -0.391 e. The highest BCUT2D eigenvalue weighted by molar-refractivity contribution is 4.89. The van der Waals surface area contributed by atoms with Crippen LogP contribution in [0.3, 0.4) is 0 Å². The summed E-state index contributed by atoms with van der Waals surface area (Å²) in [6, 6.07) is 0.428. The first-order valence-electron chi connectivity index (χ1n) is 8.04. The maximum atomic E-state index is 10.3. The minimum atomic E-state index is -0.0833. The maximum Gasteiger partial charge on any atom is 0.0695 e. The Morgan fingerprint density at radius 1 is 1.17 bits per heavy atom. The van der Waals surface area contributed by atoms with Crippen LogP contribution < -0.4 is 0 Å².